The smallest absolute Gasteiger partial charge is 0.323 e. The lowest BCUT2D eigenvalue weighted by Gasteiger charge is -2.15. The average Bonchev–Trinajstić information content (AvgIpc) is 2.17. The zero-order valence-electron chi connectivity index (χ0n) is 7.75. The normalized spacial score (nSPS) is 13.3. The highest BCUT2D eigenvalue weighted by Gasteiger charge is 2.34. The molecule has 5 heteroatoms. The second-order valence-corrected chi connectivity index (χ2v) is 3.05. The molecule has 0 unspecified atom stereocenters. The lowest BCUT2D eigenvalue weighted by atomic mass is 9.99. The molecule has 2 N–H and O–H groups in total. The SMILES string of the molecule is N#CC[C@H](N)c1ccccc1C(F)(F)F. The molecular weight excluding hydrogens is 205 g/mol. The number of nitriles is 1. The van der Waals surface area contributed by atoms with Gasteiger partial charge in [-0.2, -0.15) is 18.4 Å². The van der Waals surface area contributed by atoms with Crippen LogP contribution in [0.4, 0.5) is 13.2 Å². The van der Waals surface area contributed by atoms with E-state index in [-0.39, 0.29) is 12.0 Å². The van der Waals surface area contributed by atoms with Crippen LogP contribution >= 0.6 is 0 Å². The standard InChI is InChI=1S/C10H9F3N2/c11-10(12,13)8-4-2-1-3-7(8)9(15)5-6-14/h1-4,9H,5,15H2/t9-/m0/s1. The summed E-state index contributed by atoms with van der Waals surface area (Å²) in [6.45, 7) is 0. The molecule has 0 fully saturated rings. The van der Waals surface area contributed by atoms with Gasteiger partial charge in [0, 0.05) is 6.04 Å². The number of halogens is 3. The molecule has 0 aliphatic heterocycles. The summed E-state index contributed by atoms with van der Waals surface area (Å²) in [6.07, 6.45) is -4.56. The molecule has 15 heavy (non-hydrogen) atoms. The van der Waals surface area contributed by atoms with E-state index in [2.05, 4.69) is 0 Å². The molecule has 1 atom stereocenters. The van der Waals surface area contributed by atoms with Crippen molar-refractivity contribution >= 4 is 0 Å². The third-order valence-corrected chi connectivity index (χ3v) is 1.98. The summed E-state index contributed by atoms with van der Waals surface area (Å²) in [5.74, 6) is 0. The van der Waals surface area contributed by atoms with Gasteiger partial charge in [-0.1, -0.05) is 18.2 Å². The Morgan fingerprint density at radius 1 is 1.33 bits per heavy atom. The predicted molar refractivity (Wildman–Crippen MR) is 48.6 cm³/mol. The van der Waals surface area contributed by atoms with Crippen LogP contribution in [0.5, 0.6) is 0 Å². The van der Waals surface area contributed by atoms with Gasteiger partial charge in [0.2, 0.25) is 0 Å². The Morgan fingerprint density at radius 3 is 2.47 bits per heavy atom. The van der Waals surface area contributed by atoms with E-state index in [1.807, 2.05) is 0 Å². The first-order valence-electron chi connectivity index (χ1n) is 4.25. The number of benzene rings is 1. The second kappa shape index (κ2) is 4.32. The van der Waals surface area contributed by atoms with Gasteiger partial charge in [-0.15, -0.1) is 0 Å². The second-order valence-electron chi connectivity index (χ2n) is 3.05. The molecule has 0 saturated carbocycles. The molecular formula is C10H9F3N2. The Kier molecular flexibility index (Phi) is 3.32. The lowest BCUT2D eigenvalue weighted by Crippen LogP contribution is -2.16. The van der Waals surface area contributed by atoms with Crippen molar-refractivity contribution < 1.29 is 13.2 Å². The molecule has 80 valence electrons. The van der Waals surface area contributed by atoms with E-state index in [1.165, 1.54) is 18.2 Å². The Morgan fingerprint density at radius 2 is 1.93 bits per heavy atom. The van der Waals surface area contributed by atoms with Gasteiger partial charge in [0.25, 0.3) is 0 Å². The topological polar surface area (TPSA) is 49.8 Å². The Hall–Kier alpha value is -1.54. The number of rotatable bonds is 2. The van der Waals surface area contributed by atoms with Crippen LogP contribution < -0.4 is 5.73 Å². The van der Waals surface area contributed by atoms with Crippen LogP contribution in [0.1, 0.15) is 23.6 Å². The maximum Gasteiger partial charge on any atom is 0.416 e. The fourth-order valence-corrected chi connectivity index (χ4v) is 1.29. The number of hydrogen-bond donors (Lipinski definition) is 1. The Labute approximate surface area is 85.1 Å². The van der Waals surface area contributed by atoms with E-state index in [0.29, 0.717) is 0 Å². The number of alkyl halides is 3. The Balaban J connectivity index is 3.13. The number of nitrogens with zero attached hydrogens (tertiary/aromatic N) is 1. The zero-order valence-corrected chi connectivity index (χ0v) is 7.75. The van der Waals surface area contributed by atoms with Crippen molar-refractivity contribution in [1.29, 1.82) is 5.26 Å². The molecule has 0 spiro atoms. The van der Waals surface area contributed by atoms with Gasteiger partial charge in [0.05, 0.1) is 18.1 Å². The highest BCUT2D eigenvalue weighted by atomic mass is 19.4. The average molecular weight is 214 g/mol. The van der Waals surface area contributed by atoms with Crippen molar-refractivity contribution in [2.75, 3.05) is 0 Å². The summed E-state index contributed by atoms with van der Waals surface area (Å²) < 4.78 is 37.5. The fraction of sp³-hybridized carbons (Fsp3) is 0.300. The highest BCUT2D eigenvalue weighted by molar-refractivity contribution is 5.32. The van der Waals surface area contributed by atoms with Gasteiger partial charge in [-0.3, -0.25) is 0 Å². The minimum atomic E-state index is -4.43. The summed E-state index contributed by atoms with van der Waals surface area (Å²) in [6, 6.07) is 5.89. The molecule has 1 aromatic carbocycles. The van der Waals surface area contributed by atoms with Gasteiger partial charge >= 0.3 is 6.18 Å². The first-order valence-corrected chi connectivity index (χ1v) is 4.25. The molecule has 0 heterocycles. The van der Waals surface area contributed by atoms with Crippen molar-refractivity contribution in [2.45, 2.75) is 18.6 Å². The third-order valence-electron chi connectivity index (χ3n) is 1.98. The van der Waals surface area contributed by atoms with Gasteiger partial charge in [0.1, 0.15) is 0 Å². The van der Waals surface area contributed by atoms with Crippen LogP contribution in [0.25, 0.3) is 0 Å². The summed E-state index contributed by atoms with van der Waals surface area (Å²) in [4.78, 5) is 0. The zero-order chi connectivity index (χ0) is 11.5. The van der Waals surface area contributed by atoms with E-state index >= 15 is 0 Å². The monoisotopic (exact) mass is 214 g/mol. The Bertz CT molecular complexity index is 379. The summed E-state index contributed by atoms with van der Waals surface area (Å²) in [5, 5.41) is 8.38. The van der Waals surface area contributed by atoms with E-state index in [1.54, 1.807) is 6.07 Å². The molecule has 0 aliphatic carbocycles. The number of nitrogens with two attached hydrogens (primary N) is 1. The fourth-order valence-electron chi connectivity index (χ4n) is 1.29. The largest absolute Gasteiger partial charge is 0.416 e. The van der Waals surface area contributed by atoms with Crippen LogP contribution in [-0.2, 0) is 6.18 Å². The molecule has 0 saturated heterocycles. The van der Waals surface area contributed by atoms with E-state index in [0.717, 1.165) is 6.07 Å². The quantitative estimate of drug-likeness (QED) is 0.822. The minimum Gasteiger partial charge on any atom is -0.323 e. The molecule has 1 aromatic rings. The van der Waals surface area contributed by atoms with Crippen LogP contribution in [0, 0.1) is 11.3 Å². The van der Waals surface area contributed by atoms with Crippen LogP contribution in [0.3, 0.4) is 0 Å². The van der Waals surface area contributed by atoms with Gasteiger partial charge < -0.3 is 5.73 Å². The van der Waals surface area contributed by atoms with Crippen molar-refractivity contribution in [3.63, 3.8) is 0 Å². The predicted octanol–water partition coefficient (Wildman–Crippen LogP) is 2.62. The van der Waals surface area contributed by atoms with Crippen LogP contribution in [-0.4, -0.2) is 0 Å². The molecule has 0 amide bonds. The van der Waals surface area contributed by atoms with Crippen molar-refractivity contribution in [3.05, 3.63) is 35.4 Å². The maximum absolute atomic E-state index is 12.5. The van der Waals surface area contributed by atoms with E-state index < -0.39 is 17.8 Å². The minimum absolute atomic E-state index is 0.0356. The van der Waals surface area contributed by atoms with E-state index in [4.69, 9.17) is 11.0 Å². The van der Waals surface area contributed by atoms with Crippen molar-refractivity contribution in [2.24, 2.45) is 5.73 Å². The molecule has 0 radical (unpaired) electrons. The first kappa shape index (κ1) is 11.5. The molecule has 0 bridgehead atoms. The molecule has 2 nitrogen and oxygen atoms in total. The molecule has 0 aliphatic rings. The lowest BCUT2D eigenvalue weighted by molar-refractivity contribution is -0.138. The van der Waals surface area contributed by atoms with Crippen LogP contribution in [0.2, 0.25) is 0 Å². The molecule has 0 aromatic heterocycles. The maximum atomic E-state index is 12.5. The van der Waals surface area contributed by atoms with Crippen molar-refractivity contribution in [3.8, 4) is 6.07 Å². The number of hydrogen-bond acceptors (Lipinski definition) is 2. The summed E-state index contributed by atoms with van der Waals surface area (Å²) >= 11 is 0. The van der Waals surface area contributed by atoms with Crippen molar-refractivity contribution in [1.82, 2.24) is 0 Å². The highest BCUT2D eigenvalue weighted by Crippen LogP contribution is 2.34. The summed E-state index contributed by atoms with van der Waals surface area (Å²) in [7, 11) is 0. The third kappa shape index (κ3) is 2.70. The van der Waals surface area contributed by atoms with E-state index in [9.17, 15) is 13.2 Å². The van der Waals surface area contributed by atoms with Crippen LogP contribution in [0.15, 0.2) is 24.3 Å². The van der Waals surface area contributed by atoms with Gasteiger partial charge in [-0.25, -0.2) is 0 Å². The molecule has 1 rings (SSSR count). The summed E-state index contributed by atoms with van der Waals surface area (Å²) in [5.41, 5.74) is 4.67. The first-order chi connectivity index (χ1) is 6.96. The van der Waals surface area contributed by atoms with Gasteiger partial charge in [-0.05, 0) is 11.6 Å². The van der Waals surface area contributed by atoms with Gasteiger partial charge in [0.15, 0.2) is 0 Å².